The summed E-state index contributed by atoms with van der Waals surface area (Å²) in [5, 5.41) is 0. The standard InChI is InChI=1S/C14H17ClN2O2S2/c1-9(2)12(11-7-5-4-6-8-11)17-21(18,19)13-10(3)16-14(15)20-13/h4-9,12,17H,1-3H3. The van der Waals surface area contributed by atoms with Crippen LogP contribution >= 0.6 is 22.9 Å². The van der Waals surface area contributed by atoms with Gasteiger partial charge in [0.05, 0.1) is 5.69 Å². The highest BCUT2D eigenvalue weighted by atomic mass is 35.5. The third kappa shape index (κ3) is 3.83. The van der Waals surface area contributed by atoms with Crippen LogP contribution in [-0.4, -0.2) is 13.4 Å². The quantitative estimate of drug-likeness (QED) is 0.897. The highest BCUT2D eigenvalue weighted by molar-refractivity contribution is 7.91. The summed E-state index contributed by atoms with van der Waals surface area (Å²) >= 11 is 6.78. The van der Waals surface area contributed by atoms with Crippen molar-refractivity contribution < 1.29 is 8.42 Å². The number of aromatic nitrogens is 1. The molecule has 114 valence electrons. The molecule has 4 nitrogen and oxygen atoms in total. The van der Waals surface area contributed by atoms with Crippen molar-refractivity contribution in [1.82, 2.24) is 9.71 Å². The lowest BCUT2D eigenvalue weighted by molar-refractivity contribution is 0.463. The summed E-state index contributed by atoms with van der Waals surface area (Å²) < 4.78 is 28.3. The molecule has 7 heteroatoms. The number of hydrogen-bond acceptors (Lipinski definition) is 4. The number of aryl methyl sites for hydroxylation is 1. The predicted molar refractivity (Wildman–Crippen MR) is 86.2 cm³/mol. The Balaban J connectivity index is 2.35. The first-order valence-electron chi connectivity index (χ1n) is 6.51. The van der Waals surface area contributed by atoms with Gasteiger partial charge in [-0.25, -0.2) is 18.1 Å². The number of sulfonamides is 1. The van der Waals surface area contributed by atoms with Crippen LogP contribution in [0.3, 0.4) is 0 Å². The van der Waals surface area contributed by atoms with Crippen molar-refractivity contribution in [3.63, 3.8) is 0 Å². The molecule has 0 aliphatic heterocycles. The van der Waals surface area contributed by atoms with Gasteiger partial charge in [0, 0.05) is 6.04 Å². The number of halogens is 1. The number of benzene rings is 1. The average Bonchev–Trinajstić information content (AvgIpc) is 2.77. The van der Waals surface area contributed by atoms with Gasteiger partial charge in [0.15, 0.2) is 8.68 Å². The number of nitrogens with zero attached hydrogens (tertiary/aromatic N) is 1. The monoisotopic (exact) mass is 344 g/mol. The average molecular weight is 345 g/mol. The largest absolute Gasteiger partial charge is 0.252 e. The van der Waals surface area contributed by atoms with Crippen molar-refractivity contribution >= 4 is 33.0 Å². The van der Waals surface area contributed by atoms with Crippen molar-refractivity contribution in [3.05, 3.63) is 46.1 Å². The molecule has 1 N–H and O–H groups in total. The van der Waals surface area contributed by atoms with Crippen LogP contribution in [-0.2, 0) is 10.0 Å². The van der Waals surface area contributed by atoms with Crippen LogP contribution in [0, 0.1) is 12.8 Å². The number of thiazole rings is 1. The van der Waals surface area contributed by atoms with Gasteiger partial charge in [0.25, 0.3) is 10.0 Å². The molecule has 2 rings (SSSR count). The summed E-state index contributed by atoms with van der Waals surface area (Å²) in [5.74, 6) is 0.117. The zero-order valence-electron chi connectivity index (χ0n) is 12.0. The van der Waals surface area contributed by atoms with Crippen molar-refractivity contribution in [2.75, 3.05) is 0 Å². The van der Waals surface area contributed by atoms with Crippen molar-refractivity contribution in [2.24, 2.45) is 5.92 Å². The van der Waals surface area contributed by atoms with E-state index in [9.17, 15) is 8.42 Å². The zero-order valence-corrected chi connectivity index (χ0v) is 14.4. The first kappa shape index (κ1) is 16.4. The smallest absolute Gasteiger partial charge is 0.229 e. The van der Waals surface area contributed by atoms with Crippen LogP contribution in [0.25, 0.3) is 0 Å². The van der Waals surface area contributed by atoms with E-state index in [0.717, 1.165) is 16.9 Å². The highest BCUT2D eigenvalue weighted by Gasteiger charge is 2.27. The van der Waals surface area contributed by atoms with E-state index in [1.54, 1.807) is 6.92 Å². The Bertz CT molecular complexity index is 712. The minimum Gasteiger partial charge on any atom is -0.229 e. The second-order valence-corrected chi connectivity index (χ2v) is 8.58. The number of nitrogens with one attached hydrogen (secondary N) is 1. The van der Waals surface area contributed by atoms with E-state index in [1.165, 1.54) is 0 Å². The maximum absolute atomic E-state index is 12.6. The van der Waals surface area contributed by atoms with Crippen LogP contribution in [0.5, 0.6) is 0 Å². The Kier molecular flexibility index (Phi) is 5.03. The van der Waals surface area contributed by atoms with Gasteiger partial charge in [-0.15, -0.1) is 0 Å². The summed E-state index contributed by atoms with van der Waals surface area (Å²) in [5.41, 5.74) is 1.36. The second kappa shape index (κ2) is 6.44. The molecular formula is C14H17ClN2O2S2. The van der Waals surface area contributed by atoms with E-state index < -0.39 is 10.0 Å². The molecule has 1 heterocycles. The van der Waals surface area contributed by atoms with Gasteiger partial charge in [-0.3, -0.25) is 0 Å². The molecule has 1 aromatic carbocycles. The van der Waals surface area contributed by atoms with Gasteiger partial charge >= 0.3 is 0 Å². The van der Waals surface area contributed by atoms with Crippen molar-refractivity contribution in [2.45, 2.75) is 31.0 Å². The molecule has 1 atom stereocenters. The van der Waals surface area contributed by atoms with Gasteiger partial charge < -0.3 is 0 Å². The second-order valence-electron chi connectivity index (χ2n) is 5.09. The van der Waals surface area contributed by atoms with Crippen LogP contribution < -0.4 is 4.72 Å². The summed E-state index contributed by atoms with van der Waals surface area (Å²) in [7, 11) is -3.64. The van der Waals surface area contributed by atoms with Gasteiger partial charge in [-0.2, -0.15) is 0 Å². The van der Waals surface area contributed by atoms with Gasteiger partial charge in [-0.1, -0.05) is 67.1 Å². The molecule has 0 saturated heterocycles. The van der Waals surface area contributed by atoms with E-state index in [-0.39, 0.29) is 20.6 Å². The Morgan fingerprint density at radius 3 is 2.33 bits per heavy atom. The molecule has 2 aromatic rings. The van der Waals surface area contributed by atoms with Crippen molar-refractivity contribution in [3.8, 4) is 0 Å². The molecule has 0 bridgehead atoms. The Hall–Kier alpha value is -0.950. The van der Waals surface area contributed by atoms with E-state index in [0.29, 0.717) is 5.69 Å². The molecule has 1 unspecified atom stereocenters. The summed E-state index contributed by atoms with van der Waals surface area (Å²) in [6.07, 6.45) is 0. The lowest BCUT2D eigenvalue weighted by atomic mass is 9.97. The highest BCUT2D eigenvalue weighted by Crippen LogP contribution is 2.30. The van der Waals surface area contributed by atoms with Crippen molar-refractivity contribution in [1.29, 1.82) is 0 Å². The number of hydrogen-bond donors (Lipinski definition) is 1. The first-order valence-corrected chi connectivity index (χ1v) is 9.19. The minimum atomic E-state index is -3.64. The summed E-state index contributed by atoms with van der Waals surface area (Å²) in [6, 6.07) is 9.24. The number of rotatable bonds is 5. The third-order valence-electron chi connectivity index (χ3n) is 3.08. The normalized spacial score (nSPS) is 13.6. The molecule has 0 spiro atoms. The molecule has 1 aromatic heterocycles. The molecule has 0 radical (unpaired) electrons. The van der Waals surface area contributed by atoms with Crippen LogP contribution in [0.2, 0.25) is 4.47 Å². The summed E-state index contributed by atoms with van der Waals surface area (Å²) in [4.78, 5) is 3.97. The fraction of sp³-hybridized carbons (Fsp3) is 0.357. The Morgan fingerprint density at radius 1 is 1.24 bits per heavy atom. The maximum Gasteiger partial charge on any atom is 0.252 e. The fourth-order valence-electron chi connectivity index (χ4n) is 2.07. The molecule has 0 aliphatic carbocycles. The lowest BCUT2D eigenvalue weighted by Crippen LogP contribution is -2.31. The molecule has 21 heavy (non-hydrogen) atoms. The Labute approximate surface area is 134 Å². The topological polar surface area (TPSA) is 59.1 Å². The van der Waals surface area contributed by atoms with E-state index >= 15 is 0 Å². The van der Waals surface area contributed by atoms with Gasteiger partial charge in [-0.05, 0) is 18.4 Å². The van der Waals surface area contributed by atoms with Gasteiger partial charge in [0.1, 0.15) is 0 Å². The van der Waals surface area contributed by atoms with E-state index in [4.69, 9.17) is 11.6 Å². The molecular weight excluding hydrogens is 328 g/mol. The van der Waals surface area contributed by atoms with Crippen LogP contribution in [0.1, 0.15) is 31.1 Å². The molecule has 0 aliphatic rings. The van der Waals surface area contributed by atoms with Crippen LogP contribution in [0.15, 0.2) is 34.5 Å². The van der Waals surface area contributed by atoms with E-state index in [2.05, 4.69) is 9.71 Å². The molecule has 0 saturated carbocycles. The summed E-state index contributed by atoms with van der Waals surface area (Å²) in [6.45, 7) is 5.60. The zero-order chi connectivity index (χ0) is 15.6. The Morgan fingerprint density at radius 2 is 1.86 bits per heavy atom. The molecule has 0 amide bonds. The lowest BCUT2D eigenvalue weighted by Gasteiger charge is -2.22. The molecule has 0 fully saturated rings. The SMILES string of the molecule is Cc1nc(Cl)sc1S(=O)(=O)NC(c1ccccc1)C(C)C. The predicted octanol–water partition coefficient (Wildman–Crippen LogP) is 3.78. The maximum atomic E-state index is 12.6. The first-order chi connectivity index (χ1) is 9.81. The third-order valence-corrected chi connectivity index (χ3v) is 6.39. The van der Waals surface area contributed by atoms with Gasteiger partial charge in [0.2, 0.25) is 0 Å². The fourth-order valence-corrected chi connectivity index (χ4v) is 5.20. The van der Waals surface area contributed by atoms with E-state index in [1.807, 2.05) is 44.2 Å². The minimum absolute atomic E-state index is 0.117. The van der Waals surface area contributed by atoms with Crippen LogP contribution in [0.4, 0.5) is 0 Å².